The molecule has 2 aromatic rings. The van der Waals surface area contributed by atoms with Gasteiger partial charge in [0.2, 0.25) is 21.8 Å². The number of nitrogens with zero attached hydrogens (tertiary/aromatic N) is 2. The quantitative estimate of drug-likeness (QED) is 0.480. The molecule has 0 aliphatic heterocycles. The zero-order valence-electron chi connectivity index (χ0n) is 21.1. The van der Waals surface area contributed by atoms with Crippen molar-refractivity contribution in [1.82, 2.24) is 10.2 Å². The minimum Gasteiger partial charge on any atom is -0.352 e. The molecule has 0 spiro atoms. The van der Waals surface area contributed by atoms with E-state index in [1.165, 1.54) is 4.90 Å². The molecule has 1 N–H and O–H groups in total. The molecule has 196 valence electrons. The minimum absolute atomic E-state index is 0.0263. The molecule has 0 bridgehead atoms. The van der Waals surface area contributed by atoms with Crippen LogP contribution in [-0.2, 0) is 26.2 Å². The van der Waals surface area contributed by atoms with Crippen molar-refractivity contribution in [2.24, 2.45) is 0 Å². The maximum Gasteiger partial charge on any atom is 0.244 e. The number of benzene rings is 2. The van der Waals surface area contributed by atoms with Crippen LogP contribution >= 0.6 is 23.2 Å². The van der Waals surface area contributed by atoms with Gasteiger partial charge < -0.3 is 10.2 Å². The zero-order valence-corrected chi connectivity index (χ0v) is 23.4. The van der Waals surface area contributed by atoms with Gasteiger partial charge in [-0.3, -0.25) is 13.9 Å². The average Bonchev–Trinajstić information content (AvgIpc) is 3.28. The van der Waals surface area contributed by atoms with Gasteiger partial charge in [0.05, 0.1) is 11.9 Å². The molecular weight excluding hydrogens is 521 g/mol. The van der Waals surface area contributed by atoms with Gasteiger partial charge in [-0.1, -0.05) is 48.2 Å². The molecule has 2 aromatic carbocycles. The Bertz CT molecular complexity index is 1210. The second-order valence-electron chi connectivity index (χ2n) is 9.54. The van der Waals surface area contributed by atoms with Gasteiger partial charge >= 0.3 is 0 Å². The third-order valence-corrected chi connectivity index (χ3v) is 8.13. The Morgan fingerprint density at radius 1 is 1.06 bits per heavy atom. The number of carbonyl (C=O) groups is 2. The number of nitrogens with one attached hydrogen (secondary N) is 1. The molecule has 36 heavy (non-hydrogen) atoms. The average molecular weight is 555 g/mol. The van der Waals surface area contributed by atoms with Crippen molar-refractivity contribution >= 4 is 50.7 Å². The number of rotatable bonds is 9. The lowest BCUT2D eigenvalue weighted by Gasteiger charge is -2.32. The SMILES string of the molecule is Cc1cc(C)cc(N(CC(=O)N(Cc2ccc(Cl)cc2Cl)[C@H](C)C(=O)NC2CCCC2)S(C)(=O)=O)c1. The number of anilines is 1. The Kier molecular flexibility index (Phi) is 9.30. The van der Waals surface area contributed by atoms with Crippen LogP contribution in [0.25, 0.3) is 0 Å². The Balaban J connectivity index is 1.93. The Morgan fingerprint density at radius 2 is 1.67 bits per heavy atom. The molecule has 3 rings (SSSR count). The van der Waals surface area contributed by atoms with Crippen molar-refractivity contribution in [2.75, 3.05) is 17.1 Å². The van der Waals surface area contributed by atoms with Crippen LogP contribution in [0, 0.1) is 13.8 Å². The van der Waals surface area contributed by atoms with Gasteiger partial charge in [-0.2, -0.15) is 0 Å². The third-order valence-electron chi connectivity index (χ3n) is 6.40. The summed E-state index contributed by atoms with van der Waals surface area (Å²) in [5, 5.41) is 3.84. The molecule has 2 amide bonds. The van der Waals surface area contributed by atoms with Crippen LogP contribution in [0.1, 0.15) is 49.3 Å². The normalized spacial score (nSPS) is 14.9. The van der Waals surface area contributed by atoms with E-state index in [2.05, 4.69) is 5.32 Å². The summed E-state index contributed by atoms with van der Waals surface area (Å²) in [6, 6.07) is 9.54. The third kappa shape index (κ3) is 7.37. The molecule has 1 aliphatic carbocycles. The first-order chi connectivity index (χ1) is 16.8. The van der Waals surface area contributed by atoms with E-state index in [0.717, 1.165) is 47.4 Å². The molecule has 1 saturated carbocycles. The van der Waals surface area contributed by atoms with Crippen LogP contribution in [0.2, 0.25) is 10.0 Å². The van der Waals surface area contributed by atoms with Crippen molar-refractivity contribution in [3.63, 3.8) is 0 Å². The summed E-state index contributed by atoms with van der Waals surface area (Å²) in [6.45, 7) is 4.95. The molecule has 7 nitrogen and oxygen atoms in total. The number of hydrogen-bond acceptors (Lipinski definition) is 4. The van der Waals surface area contributed by atoms with Gasteiger partial charge in [0.25, 0.3) is 0 Å². The topological polar surface area (TPSA) is 86.8 Å². The van der Waals surface area contributed by atoms with Crippen molar-refractivity contribution in [3.8, 4) is 0 Å². The molecule has 0 aromatic heterocycles. The van der Waals surface area contributed by atoms with E-state index in [1.807, 2.05) is 19.9 Å². The zero-order chi connectivity index (χ0) is 26.6. The van der Waals surface area contributed by atoms with Gasteiger partial charge in [0.15, 0.2) is 0 Å². The smallest absolute Gasteiger partial charge is 0.244 e. The van der Waals surface area contributed by atoms with Crippen LogP contribution < -0.4 is 9.62 Å². The van der Waals surface area contributed by atoms with Crippen molar-refractivity contribution in [3.05, 3.63) is 63.1 Å². The van der Waals surface area contributed by atoms with Gasteiger partial charge in [-0.15, -0.1) is 0 Å². The first kappa shape index (κ1) is 28.3. The fraction of sp³-hybridized carbons (Fsp3) is 0.462. The van der Waals surface area contributed by atoms with Crippen LogP contribution in [-0.4, -0.2) is 50.0 Å². The van der Waals surface area contributed by atoms with E-state index in [-0.39, 0.29) is 18.5 Å². The Hall–Kier alpha value is -2.29. The first-order valence-corrected chi connectivity index (χ1v) is 14.6. The predicted octanol–water partition coefficient (Wildman–Crippen LogP) is 4.85. The molecule has 1 fully saturated rings. The maximum absolute atomic E-state index is 13.7. The molecule has 0 radical (unpaired) electrons. The summed E-state index contributed by atoms with van der Waals surface area (Å²) >= 11 is 12.4. The summed E-state index contributed by atoms with van der Waals surface area (Å²) in [5.74, 6) is -0.794. The summed E-state index contributed by atoms with van der Waals surface area (Å²) < 4.78 is 26.5. The van der Waals surface area contributed by atoms with Crippen molar-refractivity contribution < 1.29 is 18.0 Å². The van der Waals surface area contributed by atoms with Gasteiger partial charge in [0.1, 0.15) is 12.6 Å². The second-order valence-corrected chi connectivity index (χ2v) is 12.3. The van der Waals surface area contributed by atoms with Gasteiger partial charge in [-0.25, -0.2) is 8.42 Å². The van der Waals surface area contributed by atoms with E-state index in [1.54, 1.807) is 37.3 Å². The minimum atomic E-state index is -3.79. The standard InChI is InChI=1S/C26H33Cl2N3O4S/c1-17-11-18(2)13-23(12-17)31(36(4,34)35)16-25(32)30(15-20-9-10-21(27)14-24(20)28)19(3)26(33)29-22-7-5-6-8-22/h9-14,19,22H,5-8,15-16H2,1-4H3,(H,29,33)/t19-/m1/s1. The highest BCUT2D eigenvalue weighted by Gasteiger charge is 2.31. The number of aryl methyl sites for hydroxylation is 2. The molecular formula is C26H33Cl2N3O4S. The summed E-state index contributed by atoms with van der Waals surface area (Å²) in [5.41, 5.74) is 2.75. The Morgan fingerprint density at radius 3 is 2.22 bits per heavy atom. The van der Waals surface area contributed by atoms with Crippen LogP contribution in [0.15, 0.2) is 36.4 Å². The molecule has 0 saturated heterocycles. The monoisotopic (exact) mass is 553 g/mol. The molecule has 1 atom stereocenters. The number of sulfonamides is 1. The highest BCUT2D eigenvalue weighted by atomic mass is 35.5. The van der Waals surface area contributed by atoms with Gasteiger partial charge in [-0.05, 0) is 74.6 Å². The lowest BCUT2D eigenvalue weighted by atomic mass is 10.1. The second kappa shape index (κ2) is 11.8. The lowest BCUT2D eigenvalue weighted by Crippen LogP contribution is -2.52. The predicted molar refractivity (Wildman–Crippen MR) is 145 cm³/mol. The van der Waals surface area contributed by atoms with Gasteiger partial charge in [0, 0.05) is 22.6 Å². The maximum atomic E-state index is 13.7. The van der Waals surface area contributed by atoms with Crippen LogP contribution in [0.4, 0.5) is 5.69 Å². The summed E-state index contributed by atoms with van der Waals surface area (Å²) in [6.07, 6.45) is 4.99. The van der Waals surface area contributed by atoms with E-state index < -0.39 is 28.5 Å². The first-order valence-electron chi connectivity index (χ1n) is 11.9. The van der Waals surface area contributed by atoms with Crippen LogP contribution in [0.5, 0.6) is 0 Å². The van der Waals surface area contributed by atoms with Crippen molar-refractivity contribution in [1.29, 1.82) is 0 Å². The number of halogens is 2. The largest absolute Gasteiger partial charge is 0.352 e. The van der Waals surface area contributed by atoms with Crippen molar-refractivity contribution in [2.45, 2.75) is 65.1 Å². The molecule has 10 heteroatoms. The summed E-state index contributed by atoms with van der Waals surface area (Å²) in [7, 11) is -3.79. The summed E-state index contributed by atoms with van der Waals surface area (Å²) in [4.78, 5) is 28.2. The Labute approximate surface area is 223 Å². The van der Waals surface area contributed by atoms with E-state index in [4.69, 9.17) is 23.2 Å². The van der Waals surface area contributed by atoms with E-state index >= 15 is 0 Å². The number of carbonyl (C=O) groups excluding carboxylic acids is 2. The number of hydrogen-bond donors (Lipinski definition) is 1. The number of amides is 2. The lowest BCUT2D eigenvalue weighted by molar-refractivity contribution is -0.139. The fourth-order valence-electron chi connectivity index (χ4n) is 4.52. The highest BCUT2D eigenvalue weighted by molar-refractivity contribution is 7.92. The fourth-order valence-corrected chi connectivity index (χ4v) is 5.82. The highest BCUT2D eigenvalue weighted by Crippen LogP contribution is 2.25. The molecule has 0 unspecified atom stereocenters. The molecule has 1 aliphatic rings. The van der Waals surface area contributed by atoms with E-state index in [0.29, 0.717) is 21.3 Å². The van der Waals surface area contributed by atoms with E-state index in [9.17, 15) is 18.0 Å². The molecule has 0 heterocycles. The van der Waals surface area contributed by atoms with Crippen LogP contribution in [0.3, 0.4) is 0 Å².